The zero-order valence-corrected chi connectivity index (χ0v) is 14.1. The molecule has 0 bridgehead atoms. The maximum Gasteiger partial charge on any atom is 0.267 e. The minimum absolute atomic E-state index is 0.105. The van der Waals surface area contributed by atoms with Crippen molar-refractivity contribution in [1.29, 1.82) is 0 Å². The molecule has 1 aromatic heterocycles. The van der Waals surface area contributed by atoms with Gasteiger partial charge in [0.25, 0.3) is 11.8 Å². The third kappa shape index (κ3) is 2.54. The Kier molecular flexibility index (Phi) is 3.56. The summed E-state index contributed by atoms with van der Waals surface area (Å²) >= 11 is 0. The Morgan fingerprint density at radius 1 is 1.35 bits per heavy atom. The van der Waals surface area contributed by atoms with E-state index in [9.17, 15) is 14.7 Å². The zero-order chi connectivity index (χ0) is 18.5. The molecule has 4 rings (SSSR count). The van der Waals surface area contributed by atoms with Gasteiger partial charge >= 0.3 is 0 Å². The van der Waals surface area contributed by atoms with Crippen LogP contribution in [0.1, 0.15) is 22.5 Å². The summed E-state index contributed by atoms with van der Waals surface area (Å²) in [6.07, 6.45) is 0.789. The van der Waals surface area contributed by atoms with E-state index in [0.29, 0.717) is 11.3 Å². The summed E-state index contributed by atoms with van der Waals surface area (Å²) in [5, 5.41) is 10.7. The number of piperidine rings is 1. The lowest BCUT2D eigenvalue weighted by molar-refractivity contribution is -0.140. The lowest BCUT2D eigenvalue weighted by Gasteiger charge is -2.18. The van der Waals surface area contributed by atoms with Crippen molar-refractivity contribution in [3.63, 3.8) is 0 Å². The second-order valence-electron chi connectivity index (χ2n) is 6.70. The Morgan fingerprint density at radius 3 is 2.81 bits per heavy atom. The van der Waals surface area contributed by atoms with Crippen LogP contribution in [0.5, 0.6) is 0 Å². The molecule has 0 unspecified atom stereocenters. The van der Waals surface area contributed by atoms with Gasteiger partial charge in [-0.05, 0) is 30.7 Å². The quantitative estimate of drug-likeness (QED) is 0.785. The number of aliphatic hydroxyl groups is 1. The van der Waals surface area contributed by atoms with Gasteiger partial charge in [0.15, 0.2) is 0 Å². The average Bonchev–Trinajstić information content (AvgIpc) is 3.43. The summed E-state index contributed by atoms with van der Waals surface area (Å²) in [5.74, 6) is 4.66. The topological polar surface area (TPSA) is 96.5 Å². The monoisotopic (exact) mass is 347 g/mol. The molecule has 6 nitrogen and oxygen atoms in total. The highest BCUT2D eigenvalue weighted by Gasteiger charge is 2.66. The fraction of sp³-hybridized carbons (Fsp3) is 0.250. The van der Waals surface area contributed by atoms with Crippen LogP contribution in [-0.2, 0) is 4.79 Å². The summed E-state index contributed by atoms with van der Waals surface area (Å²) in [7, 11) is 1.70. The molecule has 0 radical (unpaired) electrons. The molecule has 6 heteroatoms. The summed E-state index contributed by atoms with van der Waals surface area (Å²) in [6.45, 7) is 0. The van der Waals surface area contributed by atoms with Crippen LogP contribution in [0.4, 0.5) is 0 Å². The van der Waals surface area contributed by atoms with E-state index in [2.05, 4.69) is 16.8 Å². The Labute approximate surface area is 150 Å². The number of rotatable bonds is 2. The van der Waals surface area contributed by atoms with Gasteiger partial charge in [-0.3, -0.25) is 9.59 Å². The second-order valence-corrected chi connectivity index (χ2v) is 6.70. The van der Waals surface area contributed by atoms with E-state index in [-0.39, 0.29) is 23.6 Å². The number of pyridine rings is 1. The third-order valence-electron chi connectivity index (χ3n) is 4.99. The zero-order valence-electron chi connectivity index (χ0n) is 14.1. The molecule has 3 N–H and O–H groups in total. The fourth-order valence-electron chi connectivity index (χ4n) is 3.44. The number of likely N-dealkylation sites (tertiary alicyclic amines) is 1. The molecule has 3 atom stereocenters. The number of nitrogens with two attached hydrogens (primary N) is 1. The van der Waals surface area contributed by atoms with Crippen molar-refractivity contribution in [1.82, 2.24) is 9.88 Å². The first-order valence-electron chi connectivity index (χ1n) is 8.30. The number of primary amides is 1. The SMILES string of the molecule is CN1C(=O)[C@@](O)(C#Cc2cccc(-c3cccc(C(N)=O)n3)c2)[C@@H]2C[C@@H]21. The van der Waals surface area contributed by atoms with Gasteiger partial charge in [0.2, 0.25) is 5.60 Å². The van der Waals surface area contributed by atoms with Gasteiger partial charge in [-0.1, -0.05) is 30.0 Å². The van der Waals surface area contributed by atoms with Crippen molar-refractivity contribution < 1.29 is 14.7 Å². The van der Waals surface area contributed by atoms with Gasteiger partial charge in [0, 0.05) is 30.1 Å². The number of amides is 2. The molecule has 130 valence electrons. The van der Waals surface area contributed by atoms with E-state index in [0.717, 1.165) is 12.0 Å². The number of carbonyl (C=O) groups excluding carboxylic acids is 2. The maximum atomic E-state index is 12.2. The minimum Gasteiger partial charge on any atom is -0.369 e. The molecule has 2 amide bonds. The van der Waals surface area contributed by atoms with Crippen LogP contribution in [0.25, 0.3) is 11.3 Å². The van der Waals surface area contributed by atoms with Gasteiger partial charge < -0.3 is 15.7 Å². The Balaban J connectivity index is 1.65. The molecule has 2 fully saturated rings. The Bertz CT molecular complexity index is 991. The van der Waals surface area contributed by atoms with Crippen molar-refractivity contribution in [3.8, 4) is 23.1 Å². The number of likely N-dealkylation sites (N-methyl/N-ethyl adjacent to an activating group) is 1. The van der Waals surface area contributed by atoms with Crippen LogP contribution < -0.4 is 5.73 Å². The first-order chi connectivity index (χ1) is 12.4. The Hall–Kier alpha value is -3.17. The molecule has 1 saturated heterocycles. The van der Waals surface area contributed by atoms with E-state index in [1.54, 1.807) is 42.3 Å². The van der Waals surface area contributed by atoms with E-state index >= 15 is 0 Å². The molecule has 1 aromatic carbocycles. The molecule has 1 aliphatic heterocycles. The highest BCUT2D eigenvalue weighted by molar-refractivity contribution is 5.93. The molecule has 2 heterocycles. The number of fused-ring (bicyclic) bond motifs is 1. The van der Waals surface area contributed by atoms with Crippen LogP contribution in [0.3, 0.4) is 0 Å². The molecule has 1 aliphatic carbocycles. The molecule has 1 saturated carbocycles. The Morgan fingerprint density at radius 2 is 2.12 bits per heavy atom. The first-order valence-corrected chi connectivity index (χ1v) is 8.30. The van der Waals surface area contributed by atoms with Gasteiger partial charge in [-0.15, -0.1) is 0 Å². The highest BCUT2D eigenvalue weighted by Crippen LogP contribution is 2.50. The number of hydrogen-bond donors (Lipinski definition) is 2. The van der Waals surface area contributed by atoms with Crippen molar-refractivity contribution in [3.05, 3.63) is 53.7 Å². The molecule has 26 heavy (non-hydrogen) atoms. The van der Waals surface area contributed by atoms with Crippen LogP contribution in [-0.4, -0.2) is 45.5 Å². The van der Waals surface area contributed by atoms with E-state index in [1.165, 1.54) is 0 Å². The summed E-state index contributed by atoms with van der Waals surface area (Å²) < 4.78 is 0. The van der Waals surface area contributed by atoms with Crippen LogP contribution in [0.2, 0.25) is 0 Å². The highest BCUT2D eigenvalue weighted by atomic mass is 16.3. The summed E-state index contributed by atoms with van der Waals surface area (Å²) in [6, 6.07) is 12.4. The largest absolute Gasteiger partial charge is 0.369 e. The molecule has 0 spiro atoms. The first kappa shape index (κ1) is 16.3. The number of carbonyl (C=O) groups is 2. The van der Waals surface area contributed by atoms with Crippen molar-refractivity contribution >= 4 is 11.8 Å². The predicted octanol–water partition coefficient (Wildman–Crippen LogP) is 0.791. The van der Waals surface area contributed by atoms with Crippen molar-refractivity contribution in [2.75, 3.05) is 7.05 Å². The minimum atomic E-state index is -1.60. The predicted molar refractivity (Wildman–Crippen MR) is 94.7 cm³/mol. The molecule has 2 aliphatic rings. The number of aromatic nitrogens is 1. The molecule has 2 aromatic rings. The third-order valence-corrected chi connectivity index (χ3v) is 4.99. The fourth-order valence-corrected chi connectivity index (χ4v) is 3.44. The smallest absolute Gasteiger partial charge is 0.267 e. The standard InChI is InChI=1S/C20H17N3O3/c1-23-17-11-14(17)20(26,19(23)25)9-8-12-4-2-5-13(10-12)15-6-3-7-16(22-15)18(21)24/h2-7,10,14,17,26H,11H2,1H3,(H2,21,24)/t14-,17+,20-/m1/s1. The number of benzene rings is 1. The lowest BCUT2D eigenvalue weighted by atomic mass is 9.98. The number of nitrogens with zero attached hydrogens (tertiary/aromatic N) is 2. The molecular weight excluding hydrogens is 330 g/mol. The van der Waals surface area contributed by atoms with Gasteiger partial charge in [-0.2, -0.15) is 0 Å². The lowest BCUT2D eigenvalue weighted by Crippen LogP contribution is -2.41. The van der Waals surface area contributed by atoms with Gasteiger partial charge in [-0.25, -0.2) is 4.98 Å². The van der Waals surface area contributed by atoms with Gasteiger partial charge in [0.1, 0.15) is 5.69 Å². The normalized spacial score (nSPS) is 26.1. The average molecular weight is 347 g/mol. The van der Waals surface area contributed by atoms with E-state index in [1.807, 2.05) is 12.1 Å². The van der Waals surface area contributed by atoms with Crippen molar-refractivity contribution in [2.45, 2.75) is 18.1 Å². The van der Waals surface area contributed by atoms with E-state index in [4.69, 9.17) is 5.73 Å². The molecular formula is C20H17N3O3. The van der Waals surface area contributed by atoms with Crippen LogP contribution in [0.15, 0.2) is 42.5 Å². The second kappa shape index (κ2) is 5.68. The van der Waals surface area contributed by atoms with Crippen molar-refractivity contribution in [2.24, 2.45) is 11.7 Å². The van der Waals surface area contributed by atoms with Gasteiger partial charge in [0.05, 0.1) is 5.69 Å². The maximum absolute atomic E-state index is 12.2. The van der Waals surface area contributed by atoms with E-state index < -0.39 is 11.5 Å². The summed E-state index contributed by atoms with van der Waals surface area (Å²) in [5.41, 5.74) is 5.89. The van der Waals surface area contributed by atoms with Crippen LogP contribution >= 0.6 is 0 Å². The van der Waals surface area contributed by atoms with Crippen LogP contribution in [0, 0.1) is 17.8 Å². The summed E-state index contributed by atoms with van der Waals surface area (Å²) in [4.78, 5) is 29.3. The number of hydrogen-bond acceptors (Lipinski definition) is 4.